The summed E-state index contributed by atoms with van der Waals surface area (Å²) in [6, 6.07) is 10.8. The van der Waals surface area contributed by atoms with Gasteiger partial charge in [0.1, 0.15) is 0 Å². The Morgan fingerprint density at radius 3 is 2.67 bits per heavy atom. The minimum absolute atomic E-state index is 0.121. The summed E-state index contributed by atoms with van der Waals surface area (Å²) < 4.78 is 0. The van der Waals surface area contributed by atoms with E-state index in [2.05, 4.69) is 5.32 Å². The summed E-state index contributed by atoms with van der Waals surface area (Å²) in [5.41, 5.74) is 1.11. The molecule has 5 heteroatoms. The standard InChI is InChI=1S/C16H15NO3S/c1-11-6-7-13(21-11)8-9-15(18)17-14-5-3-2-4-12(14)10-16(19)20/h2-9H,10H2,1H3,(H,17,18)(H,19,20). The van der Waals surface area contributed by atoms with Crippen molar-refractivity contribution in [2.24, 2.45) is 0 Å². The van der Waals surface area contributed by atoms with Crippen molar-refractivity contribution in [2.75, 3.05) is 5.32 Å². The Balaban J connectivity index is 2.06. The highest BCUT2D eigenvalue weighted by molar-refractivity contribution is 7.12. The van der Waals surface area contributed by atoms with Gasteiger partial charge in [0, 0.05) is 21.5 Å². The Morgan fingerprint density at radius 1 is 1.24 bits per heavy atom. The minimum atomic E-state index is -0.929. The maximum atomic E-state index is 11.9. The van der Waals surface area contributed by atoms with Gasteiger partial charge in [-0.25, -0.2) is 0 Å². The molecule has 21 heavy (non-hydrogen) atoms. The van der Waals surface area contributed by atoms with Gasteiger partial charge in [-0.1, -0.05) is 18.2 Å². The highest BCUT2D eigenvalue weighted by Gasteiger charge is 2.07. The van der Waals surface area contributed by atoms with Crippen LogP contribution in [0.15, 0.2) is 42.5 Å². The number of carbonyl (C=O) groups excluding carboxylic acids is 1. The van der Waals surface area contributed by atoms with Gasteiger partial charge in [-0.05, 0) is 36.8 Å². The summed E-state index contributed by atoms with van der Waals surface area (Å²) in [6.45, 7) is 2.00. The predicted octanol–water partition coefficient (Wildman–Crippen LogP) is 3.34. The maximum absolute atomic E-state index is 11.9. The van der Waals surface area contributed by atoms with E-state index in [0.29, 0.717) is 11.3 Å². The average molecular weight is 301 g/mol. The molecule has 0 aliphatic carbocycles. The lowest BCUT2D eigenvalue weighted by Crippen LogP contribution is -2.11. The molecule has 0 atom stereocenters. The first kappa shape index (κ1) is 15.0. The van der Waals surface area contributed by atoms with Crippen LogP contribution in [-0.4, -0.2) is 17.0 Å². The van der Waals surface area contributed by atoms with Crippen molar-refractivity contribution < 1.29 is 14.7 Å². The van der Waals surface area contributed by atoms with Gasteiger partial charge < -0.3 is 10.4 Å². The van der Waals surface area contributed by atoms with Gasteiger partial charge in [0.2, 0.25) is 5.91 Å². The van der Waals surface area contributed by atoms with Crippen molar-refractivity contribution in [2.45, 2.75) is 13.3 Å². The van der Waals surface area contributed by atoms with Gasteiger partial charge in [0.15, 0.2) is 0 Å². The zero-order chi connectivity index (χ0) is 15.2. The lowest BCUT2D eigenvalue weighted by atomic mass is 10.1. The first-order valence-electron chi connectivity index (χ1n) is 6.40. The number of carboxylic acid groups (broad SMARTS) is 1. The molecule has 1 aromatic carbocycles. The van der Waals surface area contributed by atoms with Gasteiger partial charge in [0.05, 0.1) is 6.42 Å². The second-order valence-electron chi connectivity index (χ2n) is 4.50. The van der Waals surface area contributed by atoms with Crippen molar-refractivity contribution in [1.82, 2.24) is 0 Å². The van der Waals surface area contributed by atoms with E-state index in [-0.39, 0.29) is 12.3 Å². The molecule has 4 nitrogen and oxygen atoms in total. The minimum Gasteiger partial charge on any atom is -0.481 e. The van der Waals surface area contributed by atoms with E-state index >= 15 is 0 Å². The second-order valence-corrected chi connectivity index (χ2v) is 5.82. The van der Waals surface area contributed by atoms with Crippen LogP contribution in [0.1, 0.15) is 15.3 Å². The fourth-order valence-electron chi connectivity index (χ4n) is 1.83. The van der Waals surface area contributed by atoms with Crippen molar-refractivity contribution >= 4 is 35.0 Å². The third-order valence-electron chi connectivity index (χ3n) is 2.78. The van der Waals surface area contributed by atoms with Crippen LogP contribution in [-0.2, 0) is 16.0 Å². The number of aliphatic carboxylic acids is 1. The van der Waals surface area contributed by atoms with Crippen LogP contribution in [0, 0.1) is 6.92 Å². The van der Waals surface area contributed by atoms with E-state index in [1.54, 1.807) is 41.7 Å². The van der Waals surface area contributed by atoms with Gasteiger partial charge in [0.25, 0.3) is 0 Å². The van der Waals surface area contributed by atoms with Crippen LogP contribution in [0.25, 0.3) is 6.08 Å². The number of thiophene rings is 1. The van der Waals surface area contributed by atoms with E-state index in [4.69, 9.17) is 5.11 Å². The molecule has 0 aliphatic rings. The number of nitrogens with one attached hydrogen (secondary N) is 1. The molecule has 1 amide bonds. The van der Waals surface area contributed by atoms with Crippen LogP contribution in [0.2, 0.25) is 0 Å². The number of hydrogen-bond acceptors (Lipinski definition) is 3. The molecule has 0 saturated heterocycles. The summed E-state index contributed by atoms with van der Waals surface area (Å²) in [6.07, 6.45) is 3.07. The number of rotatable bonds is 5. The maximum Gasteiger partial charge on any atom is 0.307 e. The number of carboxylic acids is 1. The molecule has 2 N–H and O–H groups in total. The summed E-state index contributed by atoms with van der Waals surface area (Å²) >= 11 is 1.60. The van der Waals surface area contributed by atoms with E-state index in [9.17, 15) is 9.59 Å². The van der Waals surface area contributed by atoms with E-state index in [1.807, 2.05) is 19.1 Å². The van der Waals surface area contributed by atoms with Crippen LogP contribution in [0.4, 0.5) is 5.69 Å². The van der Waals surface area contributed by atoms with Crippen molar-refractivity contribution in [3.8, 4) is 0 Å². The highest BCUT2D eigenvalue weighted by atomic mass is 32.1. The molecule has 0 spiro atoms. The Kier molecular flexibility index (Phi) is 4.90. The topological polar surface area (TPSA) is 66.4 Å². The smallest absolute Gasteiger partial charge is 0.307 e. The fourth-order valence-corrected chi connectivity index (χ4v) is 2.61. The Hall–Kier alpha value is -2.40. The summed E-state index contributed by atoms with van der Waals surface area (Å²) in [5, 5.41) is 11.6. The molecule has 2 aromatic rings. The Labute approximate surface area is 126 Å². The molecule has 0 saturated carbocycles. The number of aryl methyl sites for hydroxylation is 1. The first-order chi connectivity index (χ1) is 10.0. The highest BCUT2D eigenvalue weighted by Crippen LogP contribution is 2.18. The second kappa shape index (κ2) is 6.85. The molecule has 0 fully saturated rings. The zero-order valence-electron chi connectivity index (χ0n) is 11.5. The van der Waals surface area contributed by atoms with E-state index < -0.39 is 5.97 Å². The Bertz CT molecular complexity index is 688. The molecule has 1 heterocycles. The lowest BCUT2D eigenvalue weighted by Gasteiger charge is -2.07. The number of benzene rings is 1. The molecule has 0 bridgehead atoms. The number of carbonyl (C=O) groups is 2. The van der Waals surface area contributed by atoms with Gasteiger partial charge in [-0.15, -0.1) is 11.3 Å². The lowest BCUT2D eigenvalue weighted by molar-refractivity contribution is -0.136. The largest absolute Gasteiger partial charge is 0.481 e. The monoisotopic (exact) mass is 301 g/mol. The summed E-state index contributed by atoms with van der Waals surface area (Å²) in [5.74, 6) is -1.21. The Morgan fingerprint density at radius 2 is 2.00 bits per heavy atom. The quantitative estimate of drug-likeness (QED) is 0.832. The molecule has 0 unspecified atom stereocenters. The van der Waals surface area contributed by atoms with Crippen LogP contribution in [0.5, 0.6) is 0 Å². The van der Waals surface area contributed by atoms with Crippen molar-refractivity contribution in [3.05, 3.63) is 57.8 Å². The van der Waals surface area contributed by atoms with Crippen molar-refractivity contribution in [3.63, 3.8) is 0 Å². The van der Waals surface area contributed by atoms with Crippen LogP contribution < -0.4 is 5.32 Å². The van der Waals surface area contributed by atoms with Crippen LogP contribution >= 0.6 is 11.3 Å². The predicted molar refractivity (Wildman–Crippen MR) is 84.5 cm³/mol. The third kappa shape index (κ3) is 4.57. The molecular formula is C16H15NO3S. The molecule has 108 valence electrons. The number of amides is 1. The van der Waals surface area contributed by atoms with Gasteiger partial charge in [-0.3, -0.25) is 9.59 Å². The molecule has 0 radical (unpaired) electrons. The van der Waals surface area contributed by atoms with E-state index in [1.165, 1.54) is 11.0 Å². The zero-order valence-corrected chi connectivity index (χ0v) is 12.3. The number of para-hydroxylation sites is 1. The SMILES string of the molecule is Cc1ccc(C=CC(=O)Nc2ccccc2CC(=O)O)s1. The third-order valence-corrected chi connectivity index (χ3v) is 3.74. The molecule has 2 rings (SSSR count). The van der Waals surface area contributed by atoms with Gasteiger partial charge in [-0.2, -0.15) is 0 Å². The average Bonchev–Trinajstić information content (AvgIpc) is 2.84. The molecule has 1 aromatic heterocycles. The number of hydrogen-bond donors (Lipinski definition) is 2. The summed E-state index contributed by atoms with van der Waals surface area (Å²) in [7, 11) is 0. The van der Waals surface area contributed by atoms with Crippen LogP contribution in [0.3, 0.4) is 0 Å². The van der Waals surface area contributed by atoms with E-state index in [0.717, 1.165) is 4.88 Å². The summed E-state index contributed by atoms with van der Waals surface area (Å²) in [4.78, 5) is 24.9. The molecular weight excluding hydrogens is 286 g/mol. The first-order valence-corrected chi connectivity index (χ1v) is 7.21. The normalized spacial score (nSPS) is 10.7. The molecule has 0 aliphatic heterocycles. The fraction of sp³-hybridized carbons (Fsp3) is 0.125. The number of anilines is 1. The van der Waals surface area contributed by atoms with Crippen molar-refractivity contribution in [1.29, 1.82) is 0 Å². The van der Waals surface area contributed by atoms with Gasteiger partial charge >= 0.3 is 5.97 Å².